The van der Waals surface area contributed by atoms with Crippen LogP contribution in [0.4, 0.5) is 0 Å². The van der Waals surface area contributed by atoms with E-state index in [4.69, 9.17) is 34.4 Å². The van der Waals surface area contributed by atoms with E-state index in [1.165, 1.54) is 48.5 Å². The summed E-state index contributed by atoms with van der Waals surface area (Å²) < 4.78 is 0. The molecule has 0 saturated carbocycles. The van der Waals surface area contributed by atoms with Gasteiger partial charge in [0.15, 0.2) is 0 Å². The van der Waals surface area contributed by atoms with Crippen molar-refractivity contribution >= 4 is 118 Å². The maximum Gasteiger partial charge on any atom is 0.243 e. The monoisotopic (exact) mass is 2030 g/mol. The van der Waals surface area contributed by atoms with Gasteiger partial charge in [-0.2, -0.15) is 0 Å². The standard InChI is InChI=1S/C98H183N25O20/c1-52(2)44-72(91(136)105-60(17)80(104)125)121-88(133)69(36-26-31-41-101)113-96(141)77(49-57(11)12)116-82(127)62(19)106-81(126)61(18)108-92(137)74(46-54(5)6)122-89(134)70(37-27-32-42-102)114-97(142)78(50-58(13)14)117-83(128)63(20)107-86(131)68(35-25-30-40-100)112-95(140)76(48-56(9)10)118-84(129)65(22)110-94(139)75(47-55(7)8)123-90(135)71(38-28-33-43-103)115-98(143)79(51-59(15)16)119-85(130)64(21)109-93(138)73(45-53(3)4)120-87(132)67(111-66(23)124)34-24-29-39-99/h52-65,67-79H,24-51,99-103H2,1-23H3,(H2,104,125)(H,105,136)(H,106,126)(H,107,131)(H,108,137)(H,109,138)(H,110,139)(H,111,124)(H,112,140)(H,113,141)(H,114,142)(H,115,143)(H,116,127)(H,117,128)(H,118,129)(H,119,130)(H,120,132)(H,121,133)(H,122,134)(H,123,135)/t60-,61-,62-,63-,64-,65-,67-,68-,69-,70-,71-,72-,73-,74-,75-,76-,77-,78-,79-/m0/s1. The molecular formula is C98H183N25O20. The lowest BCUT2D eigenvalue weighted by molar-refractivity contribution is -0.136. The van der Waals surface area contributed by atoms with Crippen LogP contribution in [-0.2, 0) is 95.9 Å². The predicted octanol–water partition coefficient (Wildman–Crippen LogP) is -1.16. The fraction of sp³-hybridized carbons (Fsp3) is 0.796. The first-order valence-electron chi connectivity index (χ1n) is 51.4. The lowest BCUT2D eigenvalue weighted by atomic mass is 10.00. The zero-order valence-corrected chi connectivity index (χ0v) is 89.5. The first-order chi connectivity index (χ1) is 66.9. The summed E-state index contributed by atoms with van der Waals surface area (Å²) in [5.41, 5.74) is 34.4. The normalized spacial score (nSPS) is 15.5. The minimum absolute atomic E-state index is 0.00308. The van der Waals surface area contributed by atoms with Crippen molar-refractivity contribution in [2.45, 2.75) is 422 Å². The minimum atomic E-state index is -1.38. The number of carbonyl (C=O) groups is 20. The molecule has 820 valence electrons. The highest BCUT2D eigenvalue weighted by Gasteiger charge is 2.40. The fourth-order valence-electron chi connectivity index (χ4n) is 15.3. The van der Waals surface area contributed by atoms with Crippen LogP contribution < -0.4 is 135 Å². The van der Waals surface area contributed by atoms with Gasteiger partial charge in [-0.3, -0.25) is 95.9 Å². The zero-order chi connectivity index (χ0) is 109. The topological polar surface area (TPSA) is 726 Å². The summed E-state index contributed by atoms with van der Waals surface area (Å²) >= 11 is 0. The SMILES string of the molecule is CC(=O)N[C@@H](CCCCN)C(=O)N[C@@H](CC(C)C)C(=O)N[C@@H](C)C(=O)N[C@@H](CC(C)C)C(=O)N[C@@H](CCCCN)C(=O)N[C@@H](CC(C)C)C(=O)N[C@@H](C)C(=O)N[C@@H](CC(C)C)C(=O)N[C@@H](CCCCN)C(=O)N[C@@H](C)C(=O)N[C@@H](CC(C)C)C(=O)N[C@@H](CCCCN)C(=O)N[C@@H](CC(C)C)C(=O)N[C@@H](C)C(=O)N[C@@H](C)C(=O)N[C@@H](CC(C)C)C(=O)N[C@@H](CCCCN)C(=O)N[C@@H](CC(C)C)C(=O)N[C@@H](C)C(N)=O. The van der Waals surface area contributed by atoms with Gasteiger partial charge in [-0.1, -0.05) is 111 Å². The van der Waals surface area contributed by atoms with Gasteiger partial charge in [-0.25, -0.2) is 0 Å². The summed E-state index contributed by atoms with van der Waals surface area (Å²) in [6.07, 6.45) is 5.30. The highest BCUT2D eigenvalue weighted by atomic mass is 16.2. The summed E-state index contributed by atoms with van der Waals surface area (Å²) in [5.74, 6) is -16.6. The fourth-order valence-corrected chi connectivity index (χ4v) is 15.3. The van der Waals surface area contributed by atoms with Crippen molar-refractivity contribution in [2.75, 3.05) is 32.7 Å². The van der Waals surface area contributed by atoms with Crippen LogP contribution in [0.1, 0.15) is 307 Å². The quantitative estimate of drug-likeness (QED) is 0.0319. The van der Waals surface area contributed by atoms with E-state index in [1.807, 2.05) is 41.5 Å². The van der Waals surface area contributed by atoms with E-state index in [0.717, 1.165) is 0 Å². The van der Waals surface area contributed by atoms with Crippen LogP contribution in [0.25, 0.3) is 0 Å². The molecule has 0 fully saturated rings. The number of hydrogen-bond acceptors (Lipinski definition) is 25. The van der Waals surface area contributed by atoms with Crippen LogP contribution in [0, 0.1) is 47.3 Å². The summed E-state index contributed by atoms with van der Waals surface area (Å²) in [7, 11) is 0. The molecule has 20 amide bonds. The van der Waals surface area contributed by atoms with Crippen molar-refractivity contribution in [2.24, 2.45) is 81.7 Å². The van der Waals surface area contributed by atoms with Crippen LogP contribution in [0.5, 0.6) is 0 Å². The molecule has 0 aliphatic carbocycles. The third-order valence-corrected chi connectivity index (χ3v) is 23.2. The third-order valence-electron chi connectivity index (χ3n) is 23.2. The summed E-state index contributed by atoms with van der Waals surface area (Å²) in [4.78, 5) is 279. The van der Waals surface area contributed by atoms with Gasteiger partial charge in [-0.05, 0) is 269 Å². The molecule has 0 aromatic heterocycles. The molecular weight excluding hydrogens is 1850 g/mol. The Morgan fingerprint density at radius 1 is 0.161 bits per heavy atom. The molecule has 0 heterocycles. The van der Waals surface area contributed by atoms with Crippen LogP contribution in [-0.4, -0.2) is 266 Å². The van der Waals surface area contributed by atoms with Crippen LogP contribution in [0.15, 0.2) is 0 Å². The second-order valence-corrected chi connectivity index (χ2v) is 41.2. The number of nitrogens with two attached hydrogens (primary N) is 6. The van der Waals surface area contributed by atoms with Crippen molar-refractivity contribution < 1.29 is 95.9 Å². The van der Waals surface area contributed by atoms with E-state index in [0.29, 0.717) is 70.8 Å². The summed E-state index contributed by atoms with van der Waals surface area (Å²) in [6.45, 7) is 39.7. The third kappa shape index (κ3) is 55.8. The number of rotatable bonds is 74. The molecule has 0 rings (SSSR count). The lowest BCUT2D eigenvalue weighted by Crippen LogP contribution is -2.60. The molecule has 0 spiro atoms. The molecule has 143 heavy (non-hydrogen) atoms. The average Bonchev–Trinajstić information content (AvgIpc) is 0.883. The van der Waals surface area contributed by atoms with Crippen molar-refractivity contribution in [1.29, 1.82) is 0 Å². The molecule has 0 aromatic rings. The van der Waals surface area contributed by atoms with E-state index in [-0.39, 0.29) is 157 Å². The second kappa shape index (κ2) is 70.8. The molecule has 0 aliphatic heterocycles. The Morgan fingerprint density at radius 3 is 0.434 bits per heavy atom. The van der Waals surface area contributed by atoms with Crippen LogP contribution in [0.3, 0.4) is 0 Å². The Morgan fingerprint density at radius 2 is 0.280 bits per heavy atom. The number of hydrogen-bond donors (Lipinski definition) is 25. The number of primary amides is 1. The average molecular weight is 2030 g/mol. The Kier molecular flexibility index (Phi) is 65.5. The minimum Gasteiger partial charge on any atom is -0.368 e. The van der Waals surface area contributed by atoms with Gasteiger partial charge in [-0.15, -0.1) is 0 Å². The summed E-state index contributed by atoms with van der Waals surface area (Å²) in [5, 5.41) is 50.9. The second-order valence-electron chi connectivity index (χ2n) is 41.2. The number of carbonyl (C=O) groups excluding carboxylic acids is 20. The van der Waals surface area contributed by atoms with Crippen LogP contribution in [0.2, 0.25) is 0 Å². The molecule has 31 N–H and O–H groups in total. The van der Waals surface area contributed by atoms with Gasteiger partial charge < -0.3 is 135 Å². The van der Waals surface area contributed by atoms with E-state index >= 15 is 0 Å². The number of nitrogens with one attached hydrogen (secondary N) is 19. The van der Waals surface area contributed by atoms with Gasteiger partial charge in [0, 0.05) is 6.92 Å². The Balaban J connectivity index is 6.84. The van der Waals surface area contributed by atoms with E-state index in [1.54, 1.807) is 69.2 Å². The zero-order valence-electron chi connectivity index (χ0n) is 89.5. The van der Waals surface area contributed by atoms with Gasteiger partial charge in [0.1, 0.15) is 115 Å². The Hall–Kier alpha value is -10.8. The number of amides is 20. The van der Waals surface area contributed by atoms with E-state index in [9.17, 15) is 95.9 Å². The maximum atomic E-state index is 14.6. The first kappa shape index (κ1) is 132. The molecule has 19 atom stereocenters. The van der Waals surface area contributed by atoms with E-state index < -0.39 is 233 Å². The van der Waals surface area contributed by atoms with E-state index in [2.05, 4.69) is 101 Å². The molecule has 45 heteroatoms. The smallest absolute Gasteiger partial charge is 0.243 e. The molecule has 0 radical (unpaired) electrons. The molecule has 0 bridgehead atoms. The molecule has 0 aliphatic rings. The van der Waals surface area contributed by atoms with Gasteiger partial charge in [0.05, 0.1) is 0 Å². The van der Waals surface area contributed by atoms with Gasteiger partial charge in [0.2, 0.25) is 118 Å². The van der Waals surface area contributed by atoms with Crippen LogP contribution >= 0.6 is 0 Å². The Bertz CT molecular complexity index is 4020. The molecule has 0 aromatic carbocycles. The van der Waals surface area contributed by atoms with Crippen molar-refractivity contribution in [1.82, 2.24) is 101 Å². The predicted molar refractivity (Wildman–Crippen MR) is 546 cm³/mol. The van der Waals surface area contributed by atoms with Gasteiger partial charge >= 0.3 is 0 Å². The highest BCUT2D eigenvalue weighted by Crippen LogP contribution is 2.19. The van der Waals surface area contributed by atoms with Crippen molar-refractivity contribution in [3.63, 3.8) is 0 Å². The molecule has 45 nitrogen and oxygen atoms in total. The maximum absolute atomic E-state index is 14.6. The molecule has 0 unspecified atom stereocenters. The molecule has 0 saturated heterocycles. The van der Waals surface area contributed by atoms with Gasteiger partial charge in [0.25, 0.3) is 0 Å². The first-order valence-corrected chi connectivity index (χ1v) is 51.4. The Labute approximate surface area is 847 Å². The number of unbranched alkanes of at least 4 members (excludes halogenated alkanes) is 5. The largest absolute Gasteiger partial charge is 0.368 e. The summed E-state index contributed by atoms with van der Waals surface area (Å²) in [6, 6.07) is -23.7. The van der Waals surface area contributed by atoms with Crippen molar-refractivity contribution in [3.05, 3.63) is 0 Å². The lowest BCUT2D eigenvalue weighted by Gasteiger charge is -2.29. The van der Waals surface area contributed by atoms with Crippen molar-refractivity contribution in [3.8, 4) is 0 Å². The highest BCUT2D eigenvalue weighted by molar-refractivity contribution is 6.02.